The number of urea groups is 1. The van der Waals surface area contributed by atoms with Crippen molar-refractivity contribution in [3.63, 3.8) is 0 Å². The summed E-state index contributed by atoms with van der Waals surface area (Å²) >= 11 is 0. The second kappa shape index (κ2) is 6.36. The Hall–Kier alpha value is -3.73. The normalized spacial score (nSPS) is 9.87. The molecule has 3 rings (SSSR count). The number of hydrogen-bond acceptors (Lipinski definition) is 5. The third-order valence-electron chi connectivity index (χ3n) is 3.01. The van der Waals surface area contributed by atoms with Crippen molar-refractivity contribution in [2.45, 2.75) is 0 Å². The van der Waals surface area contributed by atoms with Gasteiger partial charge in [-0.2, -0.15) is 5.26 Å². The Morgan fingerprint density at radius 3 is 2.57 bits per heavy atom. The summed E-state index contributed by atoms with van der Waals surface area (Å²) in [4.78, 5) is 12.0. The van der Waals surface area contributed by atoms with Crippen LogP contribution in [0, 0.1) is 11.3 Å². The van der Waals surface area contributed by atoms with Crippen molar-refractivity contribution in [3.05, 3.63) is 54.1 Å². The van der Waals surface area contributed by atoms with E-state index in [2.05, 4.69) is 31.3 Å². The molecule has 2 aromatic carbocycles. The largest absolute Gasteiger partial charge is 0.323 e. The number of carbonyl (C=O) groups is 1. The van der Waals surface area contributed by atoms with Gasteiger partial charge >= 0.3 is 6.03 Å². The van der Waals surface area contributed by atoms with Crippen molar-refractivity contribution in [2.75, 3.05) is 10.6 Å². The lowest BCUT2D eigenvalue weighted by Gasteiger charge is -2.08. The first-order valence-electron chi connectivity index (χ1n) is 6.67. The second-order valence-electron chi connectivity index (χ2n) is 4.60. The van der Waals surface area contributed by atoms with E-state index in [1.54, 1.807) is 42.5 Å². The number of amides is 2. The summed E-state index contributed by atoms with van der Waals surface area (Å²) in [6.07, 6.45) is 0. The van der Waals surface area contributed by atoms with Gasteiger partial charge in [0.15, 0.2) is 5.82 Å². The maximum absolute atomic E-state index is 12.0. The van der Waals surface area contributed by atoms with Crippen LogP contribution in [0.5, 0.6) is 0 Å². The van der Waals surface area contributed by atoms with E-state index in [9.17, 15) is 4.79 Å². The number of nitrogens with one attached hydrogen (secondary N) is 3. The lowest BCUT2D eigenvalue weighted by molar-refractivity contribution is 0.262. The van der Waals surface area contributed by atoms with E-state index in [0.717, 1.165) is 5.56 Å². The van der Waals surface area contributed by atoms with Crippen LogP contribution >= 0.6 is 0 Å². The zero-order valence-corrected chi connectivity index (χ0v) is 11.8. The van der Waals surface area contributed by atoms with E-state index in [4.69, 9.17) is 5.26 Å². The molecule has 112 valence electrons. The molecule has 0 radical (unpaired) electrons. The summed E-state index contributed by atoms with van der Waals surface area (Å²) in [7, 11) is 0. The monoisotopic (exact) mass is 305 g/mol. The Morgan fingerprint density at radius 2 is 1.87 bits per heavy atom. The van der Waals surface area contributed by atoms with E-state index < -0.39 is 0 Å². The fraction of sp³-hybridized carbons (Fsp3) is 0. The maximum Gasteiger partial charge on any atom is 0.323 e. The Bertz CT molecular complexity index is 850. The molecule has 1 heterocycles. The predicted molar refractivity (Wildman–Crippen MR) is 83.4 cm³/mol. The minimum atomic E-state index is -0.387. The predicted octanol–water partition coefficient (Wildman–Crippen LogP) is 2.38. The molecule has 0 aliphatic heterocycles. The summed E-state index contributed by atoms with van der Waals surface area (Å²) < 4.78 is 0. The molecular weight excluding hydrogens is 294 g/mol. The van der Waals surface area contributed by atoms with Crippen LogP contribution < -0.4 is 10.6 Å². The van der Waals surface area contributed by atoms with Gasteiger partial charge in [0.2, 0.25) is 0 Å². The number of benzene rings is 2. The van der Waals surface area contributed by atoms with Gasteiger partial charge in [-0.15, -0.1) is 5.10 Å². The summed E-state index contributed by atoms with van der Waals surface area (Å²) in [5.41, 5.74) is 2.48. The van der Waals surface area contributed by atoms with Gasteiger partial charge in [0.25, 0.3) is 0 Å². The summed E-state index contributed by atoms with van der Waals surface area (Å²) in [6, 6.07) is 15.3. The third kappa shape index (κ3) is 3.48. The van der Waals surface area contributed by atoms with E-state index >= 15 is 0 Å². The number of rotatable bonds is 3. The maximum atomic E-state index is 12.0. The average molecular weight is 305 g/mol. The molecule has 0 atom stereocenters. The first kappa shape index (κ1) is 14.2. The fourth-order valence-corrected chi connectivity index (χ4v) is 1.95. The molecule has 8 nitrogen and oxygen atoms in total. The number of anilines is 2. The molecule has 3 aromatic rings. The van der Waals surface area contributed by atoms with E-state index in [-0.39, 0.29) is 6.03 Å². The van der Waals surface area contributed by atoms with Crippen LogP contribution in [0.2, 0.25) is 0 Å². The van der Waals surface area contributed by atoms with Crippen LogP contribution in [0.4, 0.5) is 16.2 Å². The molecule has 23 heavy (non-hydrogen) atoms. The molecule has 8 heteroatoms. The molecule has 0 unspecified atom stereocenters. The topological polar surface area (TPSA) is 119 Å². The first-order valence-corrected chi connectivity index (χ1v) is 6.67. The summed E-state index contributed by atoms with van der Waals surface area (Å²) in [5, 5.41) is 27.7. The van der Waals surface area contributed by atoms with Gasteiger partial charge in [0.05, 0.1) is 11.6 Å². The van der Waals surface area contributed by atoms with Crippen LogP contribution in [0.1, 0.15) is 5.56 Å². The fourth-order valence-electron chi connectivity index (χ4n) is 1.95. The number of hydrogen-bond donors (Lipinski definition) is 3. The van der Waals surface area contributed by atoms with Crippen LogP contribution in [-0.4, -0.2) is 26.7 Å². The molecule has 0 bridgehead atoms. The standard InChI is InChI=1S/C15H11N7O/c16-9-10-4-6-12(7-5-10)17-15(23)18-13-3-1-2-11(8-13)14-19-21-22-20-14/h1-8H,(H2,17,18,23)(H,19,20,21,22). The number of tetrazole rings is 1. The Labute approximate surface area is 131 Å². The van der Waals surface area contributed by atoms with Crippen molar-refractivity contribution in [1.29, 1.82) is 5.26 Å². The van der Waals surface area contributed by atoms with Gasteiger partial charge in [-0.3, -0.25) is 0 Å². The number of aromatic nitrogens is 4. The van der Waals surface area contributed by atoms with Gasteiger partial charge in [-0.05, 0) is 46.8 Å². The van der Waals surface area contributed by atoms with Crippen LogP contribution in [0.15, 0.2) is 48.5 Å². The third-order valence-corrected chi connectivity index (χ3v) is 3.01. The van der Waals surface area contributed by atoms with Crippen LogP contribution in [-0.2, 0) is 0 Å². The Kier molecular flexibility index (Phi) is 3.93. The van der Waals surface area contributed by atoms with E-state index in [1.165, 1.54) is 0 Å². The SMILES string of the molecule is N#Cc1ccc(NC(=O)Nc2cccc(-c3nnn[nH]3)c2)cc1. The first-order chi connectivity index (χ1) is 11.2. The lowest BCUT2D eigenvalue weighted by atomic mass is 10.2. The zero-order valence-electron chi connectivity index (χ0n) is 11.8. The van der Waals surface area contributed by atoms with Gasteiger partial charge in [0.1, 0.15) is 0 Å². The molecule has 0 saturated heterocycles. The summed E-state index contributed by atoms with van der Waals surface area (Å²) in [5.74, 6) is 0.515. The van der Waals surface area contributed by atoms with Gasteiger partial charge < -0.3 is 10.6 Å². The van der Waals surface area contributed by atoms with Gasteiger partial charge in [-0.1, -0.05) is 12.1 Å². The minimum absolute atomic E-state index is 0.387. The lowest BCUT2D eigenvalue weighted by Crippen LogP contribution is -2.19. The molecule has 0 fully saturated rings. The van der Waals surface area contributed by atoms with E-state index in [0.29, 0.717) is 22.8 Å². The highest BCUT2D eigenvalue weighted by atomic mass is 16.2. The number of aromatic amines is 1. The van der Waals surface area contributed by atoms with Gasteiger partial charge in [-0.25, -0.2) is 9.89 Å². The van der Waals surface area contributed by atoms with Crippen molar-refractivity contribution in [2.24, 2.45) is 0 Å². The number of nitriles is 1. The van der Waals surface area contributed by atoms with Gasteiger partial charge in [0, 0.05) is 16.9 Å². The van der Waals surface area contributed by atoms with Crippen molar-refractivity contribution < 1.29 is 4.79 Å². The number of carbonyl (C=O) groups excluding carboxylic acids is 1. The number of H-pyrrole nitrogens is 1. The highest BCUT2D eigenvalue weighted by Gasteiger charge is 2.06. The molecule has 2 amide bonds. The second-order valence-corrected chi connectivity index (χ2v) is 4.60. The molecule has 0 aliphatic carbocycles. The highest BCUT2D eigenvalue weighted by Crippen LogP contribution is 2.18. The van der Waals surface area contributed by atoms with Crippen molar-refractivity contribution in [3.8, 4) is 17.5 Å². The Morgan fingerprint density at radius 1 is 1.09 bits per heavy atom. The molecule has 0 aliphatic rings. The summed E-state index contributed by atoms with van der Waals surface area (Å²) in [6.45, 7) is 0. The molecular formula is C15H11N7O. The van der Waals surface area contributed by atoms with Crippen molar-refractivity contribution in [1.82, 2.24) is 20.6 Å². The zero-order chi connectivity index (χ0) is 16.1. The van der Waals surface area contributed by atoms with E-state index in [1.807, 2.05) is 12.1 Å². The molecule has 0 spiro atoms. The highest BCUT2D eigenvalue weighted by molar-refractivity contribution is 6.00. The minimum Gasteiger partial charge on any atom is -0.308 e. The molecule has 1 aromatic heterocycles. The van der Waals surface area contributed by atoms with Crippen molar-refractivity contribution >= 4 is 17.4 Å². The molecule has 3 N–H and O–H groups in total. The quantitative estimate of drug-likeness (QED) is 0.686. The average Bonchev–Trinajstić information content (AvgIpc) is 3.10. The van der Waals surface area contributed by atoms with Crippen LogP contribution in [0.25, 0.3) is 11.4 Å². The number of nitrogens with zero attached hydrogens (tertiary/aromatic N) is 4. The molecule has 0 saturated carbocycles. The Balaban J connectivity index is 1.68. The smallest absolute Gasteiger partial charge is 0.308 e. The van der Waals surface area contributed by atoms with Crippen LogP contribution in [0.3, 0.4) is 0 Å².